The van der Waals surface area contributed by atoms with Gasteiger partial charge in [-0.1, -0.05) is 13.8 Å². The second-order valence-electron chi connectivity index (χ2n) is 11.9. The number of hydrogen-bond acceptors (Lipinski definition) is 9. The van der Waals surface area contributed by atoms with Crippen LogP contribution in [0.1, 0.15) is 64.2 Å². The van der Waals surface area contributed by atoms with Crippen LogP contribution in [0.4, 0.5) is 15.0 Å². The van der Waals surface area contributed by atoms with E-state index in [4.69, 9.17) is 9.47 Å². The van der Waals surface area contributed by atoms with Gasteiger partial charge in [-0.3, -0.25) is 9.69 Å². The van der Waals surface area contributed by atoms with E-state index in [1.165, 1.54) is 24.5 Å². The molecule has 2 aliphatic rings. The fourth-order valence-electron chi connectivity index (χ4n) is 6.19. The molecule has 2 aliphatic heterocycles. The topological polar surface area (TPSA) is 113 Å². The van der Waals surface area contributed by atoms with Gasteiger partial charge >= 0.3 is 6.09 Å². The number of hydrogen-bond donors (Lipinski definition) is 1. The van der Waals surface area contributed by atoms with E-state index in [9.17, 15) is 14.0 Å². The number of alkyl carbamates (subject to hydrolysis) is 1. The molecule has 230 valence electrons. The molecule has 0 bridgehead atoms. The number of carbonyl (C=O) groups excluding carboxylic acids is 2. The van der Waals surface area contributed by atoms with Crippen LogP contribution >= 0.6 is 0 Å². The molecule has 4 rings (SSSR count). The number of aromatic nitrogens is 3. The highest BCUT2D eigenvalue weighted by molar-refractivity contribution is 5.97. The van der Waals surface area contributed by atoms with E-state index in [0.29, 0.717) is 30.9 Å². The molecule has 0 aliphatic carbocycles. The molecule has 42 heavy (non-hydrogen) atoms. The summed E-state index contributed by atoms with van der Waals surface area (Å²) in [5, 5.41) is 10.6. The van der Waals surface area contributed by atoms with Crippen LogP contribution in [0.5, 0.6) is 11.6 Å². The zero-order chi connectivity index (χ0) is 30.4. The molecule has 12 heteroatoms. The van der Waals surface area contributed by atoms with Gasteiger partial charge in [0, 0.05) is 57.3 Å². The first-order chi connectivity index (χ1) is 20.1. The van der Waals surface area contributed by atoms with Crippen LogP contribution in [0.2, 0.25) is 0 Å². The van der Waals surface area contributed by atoms with Gasteiger partial charge < -0.3 is 24.6 Å². The number of halogens is 1. The Morgan fingerprint density at radius 2 is 1.95 bits per heavy atom. The van der Waals surface area contributed by atoms with E-state index in [1.54, 1.807) is 11.9 Å². The van der Waals surface area contributed by atoms with E-state index < -0.39 is 11.9 Å². The molecule has 2 amide bonds. The molecule has 2 aromatic rings. The molecule has 1 aromatic heterocycles. The molecule has 1 N–H and O–H groups in total. The average Bonchev–Trinajstić information content (AvgIpc) is 3.39. The second kappa shape index (κ2) is 13.6. The first-order valence-corrected chi connectivity index (χ1v) is 14.9. The minimum absolute atomic E-state index is 0.0543. The van der Waals surface area contributed by atoms with Crippen LogP contribution in [0.25, 0.3) is 0 Å². The monoisotopic (exact) mass is 585 g/mol. The normalized spacial score (nSPS) is 16.9. The number of nitrogens with one attached hydrogen (secondary N) is 1. The smallest absolute Gasteiger partial charge is 0.406 e. The quantitative estimate of drug-likeness (QED) is 0.363. The first kappa shape index (κ1) is 31.4. The molecule has 2 fully saturated rings. The Morgan fingerprint density at radius 3 is 2.62 bits per heavy atom. The second-order valence-corrected chi connectivity index (χ2v) is 11.9. The average molecular weight is 586 g/mol. The molecule has 1 atom stereocenters. The highest BCUT2D eigenvalue weighted by Gasteiger charge is 2.50. The van der Waals surface area contributed by atoms with Gasteiger partial charge in [-0.05, 0) is 64.2 Å². The third-order valence-electron chi connectivity index (χ3n) is 8.31. The van der Waals surface area contributed by atoms with Crippen LogP contribution in [0.15, 0.2) is 24.5 Å². The van der Waals surface area contributed by atoms with Crippen molar-refractivity contribution in [3.8, 4) is 11.6 Å². The van der Waals surface area contributed by atoms with Crippen molar-refractivity contribution in [2.24, 2.45) is 11.3 Å². The first-order valence-electron chi connectivity index (χ1n) is 14.9. The van der Waals surface area contributed by atoms with Crippen molar-refractivity contribution in [3.05, 3.63) is 35.9 Å². The Labute approximate surface area is 247 Å². The van der Waals surface area contributed by atoms with E-state index >= 15 is 0 Å². The van der Waals surface area contributed by atoms with Crippen molar-refractivity contribution < 1.29 is 23.5 Å². The van der Waals surface area contributed by atoms with E-state index in [2.05, 4.69) is 44.1 Å². The van der Waals surface area contributed by atoms with Crippen molar-refractivity contribution >= 4 is 17.8 Å². The lowest BCUT2D eigenvalue weighted by Gasteiger charge is -2.53. The molecule has 2 saturated heterocycles. The number of nitrogens with zero attached hydrogens (tertiary/aromatic N) is 6. The fourth-order valence-corrected chi connectivity index (χ4v) is 6.19. The number of ether oxygens (including phenoxy) is 2. The number of likely N-dealkylation sites (tertiary alicyclic amines) is 1. The molecular formula is C30H44FN7O4. The minimum Gasteiger partial charge on any atom is -0.450 e. The standard InChI is InChI=1S/C30H44FN7O4/c1-7-38(21(4)5)28(39)23-15-22(31)10-11-25(23)42-27-26(33-19-34-35-27)36-13-12-30(16-36)17-37(18-30)24(20(2)3)9-8-14-41-29(40)32-6/h10-11,15,19-21,24H,7-9,12-14,16-18H2,1-6H3,(H,32,40)/t24-/m1/s1. The number of benzene rings is 1. The maximum atomic E-state index is 14.2. The van der Waals surface area contributed by atoms with E-state index in [-0.39, 0.29) is 34.6 Å². The minimum atomic E-state index is -0.516. The maximum Gasteiger partial charge on any atom is 0.406 e. The fraction of sp³-hybridized carbons (Fsp3) is 0.633. The lowest BCUT2D eigenvalue weighted by Crippen LogP contribution is -2.61. The summed E-state index contributed by atoms with van der Waals surface area (Å²) in [4.78, 5) is 35.5. The Kier molecular flexibility index (Phi) is 10.2. The molecule has 1 spiro atoms. The summed E-state index contributed by atoms with van der Waals surface area (Å²) in [6.07, 6.45) is 3.79. The van der Waals surface area contributed by atoms with Gasteiger partial charge in [-0.25, -0.2) is 14.2 Å². The Bertz CT molecular complexity index is 1240. The van der Waals surface area contributed by atoms with Crippen LogP contribution in [0, 0.1) is 17.2 Å². The number of anilines is 1. The zero-order valence-electron chi connectivity index (χ0n) is 25.6. The summed E-state index contributed by atoms with van der Waals surface area (Å²) < 4.78 is 25.6. The highest BCUT2D eigenvalue weighted by atomic mass is 19.1. The number of amides is 2. The van der Waals surface area contributed by atoms with Gasteiger partial charge in [0.2, 0.25) is 0 Å². The summed E-state index contributed by atoms with van der Waals surface area (Å²) >= 11 is 0. The molecule has 0 saturated carbocycles. The Hall–Kier alpha value is -3.54. The molecule has 0 unspecified atom stereocenters. The van der Waals surface area contributed by atoms with Gasteiger partial charge in [-0.15, -0.1) is 10.2 Å². The lowest BCUT2D eigenvalue weighted by atomic mass is 9.76. The molecular weight excluding hydrogens is 541 g/mol. The third-order valence-corrected chi connectivity index (χ3v) is 8.31. The van der Waals surface area contributed by atoms with Crippen LogP contribution in [0.3, 0.4) is 0 Å². The molecule has 1 aromatic carbocycles. The SMILES string of the molecule is CCN(C(=O)c1cc(F)ccc1Oc1nncnc1N1CCC2(C1)CN([C@H](CCCOC(=O)NC)C(C)C)C2)C(C)C. The highest BCUT2D eigenvalue weighted by Crippen LogP contribution is 2.44. The predicted molar refractivity (Wildman–Crippen MR) is 157 cm³/mol. The van der Waals surface area contributed by atoms with Gasteiger partial charge in [0.1, 0.15) is 17.9 Å². The number of carbonyl (C=O) groups is 2. The summed E-state index contributed by atoms with van der Waals surface area (Å²) in [5.74, 6) is 0.625. The maximum absolute atomic E-state index is 14.2. The zero-order valence-corrected chi connectivity index (χ0v) is 25.6. The van der Waals surface area contributed by atoms with Crippen LogP contribution < -0.4 is 15.0 Å². The predicted octanol–water partition coefficient (Wildman–Crippen LogP) is 4.35. The van der Waals surface area contributed by atoms with Gasteiger partial charge in [0.25, 0.3) is 11.8 Å². The number of rotatable bonds is 12. The summed E-state index contributed by atoms with van der Waals surface area (Å²) in [6, 6.07) is 4.29. The van der Waals surface area contributed by atoms with E-state index in [1.807, 2.05) is 20.8 Å². The summed E-state index contributed by atoms with van der Waals surface area (Å²) in [6.45, 7) is 14.7. The molecule has 11 nitrogen and oxygen atoms in total. The summed E-state index contributed by atoms with van der Waals surface area (Å²) in [5.41, 5.74) is 0.277. The van der Waals surface area contributed by atoms with Crippen molar-refractivity contribution in [1.29, 1.82) is 0 Å². The largest absolute Gasteiger partial charge is 0.450 e. The third kappa shape index (κ3) is 7.08. The van der Waals surface area contributed by atoms with E-state index in [0.717, 1.165) is 45.4 Å². The Morgan fingerprint density at radius 1 is 1.19 bits per heavy atom. The lowest BCUT2D eigenvalue weighted by molar-refractivity contribution is -0.0351. The molecule has 3 heterocycles. The van der Waals surface area contributed by atoms with Gasteiger partial charge in [0.05, 0.1) is 12.2 Å². The van der Waals surface area contributed by atoms with Gasteiger partial charge in [-0.2, -0.15) is 0 Å². The van der Waals surface area contributed by atoms with Crippen molar-refractivity contribution in [3.63, 3.8) is 0 Å². The Balaban J connectivity index is 1.43. The molecule has 0 radical (unpaired) electrons. The van der Waals surface area contributed by atoms with Crippen LogP contribution in [-0.4, -0.2) is 95.4 Å². The van der Waals surface area contributed by atoms with Crippen molar-refractivity contribution in [2.75, 3.05) is 51.3 Å². The summed E-state index contributed by atoms with van der Waals surface area (Å²) in [7, 11) is 1.56. The van der Waals surface area contributed by atoms with Crippen molar-refractivity contribution in [1.82, 2.24) is 30.3 Å². The van der Waals surface area contributed by atoms with Crippen LogP contribution in [-0.2, 0) is 4.74 Å². The van der Waals surface area contributed by atoms with Crippen molar-refractivity contribution in [2.45, 2.75) is 66.0 Å². The van der Waals surface area contributed by atoms with Gasteiger partial charge in [0.15, 0.2) is 5.82 Å².